The van der Waals surface area contributed by atoms with Gasteiger partial charge < -0.3 is 15.1 Å². The van der Waals surface area contributed by atoms with Gasteiger partial charge in [-0.1, -0.05) is 0 Å². The summed E-state index contributed by atoms with van der Waals surface area (Å²) in [5, 5.41) is 2.62. The van der Waals surface area contributed by atoms with Crippen molar-refractivity contribution in [3.63, 3.8) is 0 Å². The van der Waals surface area contributed by atoms with E-state index in [2.05, 4.69) is 5.32 Å². The molecule has 19 heavy (non-hydrogen) atoms. The molecule has 0 saturated carbocycles. The molecule has 1 aliphatic heterocycles. The molecule has 0 saturated heterocycles. The van der Waals surface area contributed by atoms with Crippen LogP contribution in [0.2, 0.25) is 0 Å². The zero-order chi connectivity index (χ0) is 14.0. The van der Waals surface area contributed by atoms with Crippen molar-refractivity contribution in [3.8, 4) is 0 Å². The number of amides is 2. The van der Waals surface area contributed by atoms with Crippen LogP contribution in [0.3, 0.4) is 0 Å². The van der Waals surface area contributed by atoms with E-state index in [1.807, 2.05) is 19.0 Å². The van der Waals surface area contributed by atoms with E-state index in [0.29, 0.717) is 18.8 Å². The molecule has 1 heterocycles. The predicted octanol–water partition coefficient (Wildman–Crippen LogP) is 0.782. The number of hydrogen-bond donors (Lipinski definition) is 1. The molecule has 1 N–H and O–H groups in total. The van der Waals surface area contributed by atoms with E-state index in [1.54, 1.807) is 0 Å². The third-order valence-corrected chi connectivity index (χ3v) is 2.92. The summed E-state index contributed by atoms with van der Waals surface area (Å²) >= 11 is 0. The van der Waals surface area contributed by atoms with Crippen molar-refractivity contribution in [3.05, 3.63) is 29.6 Å². The molecule has 2 rings (SSSR count). The van der Waals surface area contributed by atoms with E-state index >= 15 is 0 Å². The summed E-state index contributed by atoms with van der Waals surface area (Å²) in [5.74, 6) is -1.08. The van der Waals surface area contributed by atoms with Gasteiger partial charge in [0.05, 0.1) is 11.3 Å². The smallest absolute Gasteiger partial charge is 0.256 e. The molecule has 1 aromatic rings. The van der Waals surface area contributed by atoms with Gasteiger partial charge in [0.1, 0.15) is 12.4 Å². The van der Waals surface area contributed by atoms with Gasteiger partial charge in [0, 0.05) is 13.1 Å². The quantitative estimate of drug-likeness (QED) is 0.878. The molecule has 0 spiro atoms. The zero-order valence-electron chi connectivity index (χ0n) is 10.9. The highest BCUT2D eigenvalue weighted by Crippen LogP contribution is 2.21. The molecular formula is C13H16FN3O2. The number of halogens is 1. The van der Waals surface area contributed by atoms with Crippen LogP contribution in [0.25, 0.3) is 0 Å². The molecule has 1 aromatic carbocycles. The van der Waals surface area contributed by atoms with Crippen LogP contribution in [0, 0.1) is 5.82 Å². The van der Waals surface area contributed by atoms with Crippen LogP contribution in [-0.2, 0) is 4.79 Å². The van der Waals surface area contributed by atoms with Crippen LogP contribution in [0.4, 0.5) is 10.1 Å². The van der Waals surface area contributed by atoms with Crippen LogP contribution in [0.1, 0.15) is 10.4 Å². The Kier molecular flexibility index (Phi) is 3.80. The number of carbonyl (C=O) groups excluding carboxylic acids is 2. The maximum absolute atomic E-state index is 13.2. The summed E-state index contributed by atoms with van der Waals surface area (Å²) in [7, 11) is 3.77. The first-order valence-electron chi connectivity index (χ1n) is 6.01. The van der Waals surface area contributed by atoms with Crippen molar-refractivity contribution in [2.75, 3.05) is 39.0 Å². The summed E-state index contributed by atoms with van der Waals surface area (Å²) in [5.41, 5.74) is 0.563. The molecule has 0 fully saturated rings. The fourth-order valence-electron chi connectivity index (χ4n) is 1.91. The lowest BCUT2D eigenvalue weighted by molar-refractivity contribution is -0.116. The van der Waals surface area contributed by atoms with Gasteiger partial charge >= 0.3 is 0 Å². The number of nitrogens with zero attached hydrogens (tertiary/aromatic N) is 2. The Morgan fingerprint density at radius 3 is 2.79 bits per heavy atom. The highest BCUT2D eigenvalue weighted by Gasteiger charge is 2.26. The molecule has 6 heteroatoms. The molecule has 0 aliphatic carbocycles. The number of benzene rings is 1. The van der Waals surface area contributed by atoms with Crippen molar-refractivity contribution in [2.24, 2.45) is 0 Å². The summed E-state index contributed by atoms with van der Waals surface area (Å²) < 4.78 is 13.2. The molecule has 1 aliphatic rings. The number of carbonyl (C=O) groups is 2. The highest BCUT2D eigenvalue weighted by atomic mass is 19.1. The minimum absolute atomic E-state index is 0.0109. The molecule has 0 radical (unpaired) electrons. The Hall–Kier alpha value is -1.95. The lowest BCUT2D eigenvalue weighted by Gasteiger charge is -2.21. The fraction of sp³-hybridized carbons (Fsp3) is 0.385. The normalized spacial score (nSPS) is 15.3. The van der Waals surface area contributed by atoms with E-state index in [9.17, 15) is 14.0 Å². The lowest BCUT2D eigenvalue weighted by Crippen LogP contribution is -2.39. The maximum Gasteiger partial charge on any atom is 0.256 e. The summed E-state index contributed by atoms with van der Waals surface area (Å²) in [6.45, 7) is 1.06. The first-order chi connectivity index (χ1) is 8.97. The second kappa shape index (κ2) is 5.36. The molecule has 0 atom stereocenters. The number of anilines is 1. The van der Waals surface area contributed by atoms with Crippen molar-refractivity contribution < 1.29 is 14.0 Å². The van der Waals surface area contributed by atoms with E-state index in [1.165, 1.54) is 17.0 Å². The van der Waals surface area contributed by atoms with Crippen molar-refractivity contribution in [1.29, 1.82) is 0 Å². The Bertz CT molecular complexity index is 517. The summed E-state index contributed by atoms with van der Waals surface area (Å²) in [6.07, 6.45) is 0. The van der Waals surface area contributed by atoms with E-state index in [-0.39, 0.29) is 23.9 Å². The molecule has 0 bridgehead atoms. The second-order valence-corrected chi connectivity index (χ2v) is 4.77. The number of nitrogens with one attached hydrogen (secondary N) is 1. The number of fused-ring (bicyclic) bond motifs is 1. The van der Waals surface area contributed by atoms with Crippen LogP contribution in [0.5, 0.6) is 0 Å². The second-order valence-electron chi connectivity index (χ2n) is 4.77. The highest BCUT2D eigenvalue weighted by molar-refractivity contribution is 6.08. The molecular weight excluding hydrogens is 249 g/mol. The van der Waals surface area contributed by atoms with Gasteiger partial charge in [-0.2, -0.15) is 0 Å². The zero-order valence-corrected chi connectivity index (χ0v) is 10.9. The number of hydrogen-bond acceptors (Lipinski definition) is 3. The van der Waals surface area contributed by atoms with Gasteiger partial charge in [0.15, 0.2) is 0 Å². The fourth-order valence-corrected chi connectivity index (χ4v) is 1.91. The van der Waals surface area contributed by atoms with Gasteiger partial charge in [-0.25, -0.2) is 4.39 Å². The van der Waals surface area contributed by atoms with Crippen molar-refractivity contribution >= 4 is 17.5 Å². The van der Waals surface area contributed by atoms with Crippen LogP contribution < -0.4 is 5.32 Å². The molecule has 5 nitrogen and oxygen atoms in total. The first-order valence-corrected chi connectivity index (χ1v) is 6.01. The standard InChI is InChI=1S/C13H16FN3O2/c1-16(2)5-6-17-8-12(18)15-11-4-3-9(14)7-10(11)13(17)19/h3-4,7H,5-6,8H2,1-2H3,(H,15,18). The van der Waals surface area contributed by atoms with Crippen molar-refractivity contribution in [1.82, 2.24) is 9.80 Å². The van der Waals surface area contributed by atoms with Crippen LogP contribution in [-0.4, -0.2) is 55.3 Å². The third kappa shape index (κ3) is 3.08. The summed E-state index contributed by atoms with van der Waals surface area (Å²) in [4.78, 5) is 27.4. The monoisotopic (exact) mass is 265 g/mol. The average Bonchev–Trinajstić information content (AvgIpc) is 2.45. The summed E-state index contributed by atoms with van der Waals surface area (Å²) in [6, 6.07) is 3.80. The Labute approximate surface area is 111 Å². The molecule has 2 amide bonds. The van der Waals surface area contributed by atoms with Gasteiger partial charge in [0.25, 0.3) is 5.91 Å². The van der Waals surface area contributed by atoms with Gasteiger partial charge in [-0.3, -0.25) is 9.59 Å². The van der Waals surface area contributed by atoms with E-state index < -0.39 is 5.82 Å². The first kappa shape index (κ1) is 13.5. The van der Waals surface area contributed by atoms with Gasteiger partial charge in [0.2, 0.25) is 5.91 Å². The Balaban J connectivity index is 2.29. The SMILES string of the molecule is CN(C)CCN1CC(=O)Nc2ccc(F)cc2C1=O. The lowest BCUT2D eigenvalue weighted by atomic mass is 10.1. The van der Waals surface area contributed by atoms with E-state index in [4.69, 9.17) is 0 Å². The van der Waals surface area contributed by atoms with Crippen LogP contribution >= 0.6 is 0 Å². The topological polar surface area (TPSA) is 52.6 Å². The Morgan fingerprint density at radius 1 is 1.37 bits per heavy atom. The Morgan fingerprint density at radius 2 is 2.11 bits per heavy atom. The van der Waals surface area contributed by atoms with Crippen molar-refractivity contribution in [2.45, 2.75) is 0 Å². The minimum atomic E-state index is -0.490. The predicted molar refractivity (Wildman–Crippen MR) is 69.5 cm³/mol. The third-order valence-electron chi connectivity index (χ3n) is 2.92. The largest absolute Gasteiger partial charge is 0.328 e. The average molecular weight is 265 g/mol. The van der Waals surface area contributed by atoms with Gasteiger partial charge in [-0.05, 0) is 32.3 Å². The van der Waals surface area contributed by atoms with E-state index in [0.717, 1.165) is 6.07 Å². The van der Waals surface area contributed by atoms with Crippen LogP contribution in [0.15, 0.2) is 18.2 Å². The van der Waals surface area contributed by atoms with Gasteiger partial charge in [-0.15, -0.1) is 0 Å². The molecule has 0 aromatic heterocycles. The molecule has 0 unspecified atom stereocenters. The number of likely N-dealkylation sites (N-methyl/N-ethyl adjacent to an activating group) is 1. The number of rotatable bonds is 3. The minimum Gasteiger partial charge on any atom is -0.328 e. The maximum atomic E-state index is 13.2. The molecule has 102 valence electrons.